The van der Waals surface area contributed by atoms with E-state index < -0.39 is 35.0 Å². The number of nitrogens with one attached hydrogen (secondary N) is 1. The Kier molecular flexibility index (Phi) is 6.63. The number of para-hydroxylation sites is 1. The van der Waals surface area contributed by atoms with Crippen molar-refractivity contribution in [3.05, 3.63) is 84.9 Å². The highest BCUT2D eigenvalue weighted by atomic mass is 35.5. The number of carbonyl (C=O) groups excluding carboxylic acids is 3. The van der Waals surface area contributed by atoms with Crippen LogP contribution in [0.4, 0.5) is 0 Å². The van der Waals surface area contributed by atoms with Crippen molar-refractivity contribution in [1.82, 2.24) is 9.88 Å². The number of allylic oxidation sites excluding steroid dienone is 2. The molecule has 45 heavy (non-hydrogen) atoms. The number of hydrogen-bond donors (Lipinski definition) is 1. The number of fused-ring (bicyclic) bond motifs is 1. The molecule has 3 aromatic rings. The molecule has 1 aromatic heterocycles. The Morgan fingerprint density at radius 1 is 1.09 bits per heavy atom. The van der Waals surface area contributed by atoms with Crippen molar-refractivity contribution >= 4 is 40.0 Å². The highest BCUT2D eigenvalue weighted by Gasteiger charge is 2.64. The minimum atomic E-state index is -2.02. The molecule has 3 aliphatic heterocycles. The third-order valence-corrected chi connectivity index (χ3v) is 9.98. The van der Waals surface area contributed by atoms with Gasteiger partial charge in [-0.25, -0.2) is 4.79 Å². The number of Topliss-reactive ketones (excluding diaryl/α,β-unsaturated/α-hetero) is 2. The molecule has 0 radical (unpaired) electrons. The molecule has 0 fully saturated rings. The second kappa shape index (κ2) is 10.2. The van der Waals surface area contributed by atoms with E-state index in [2.05, 4.69) is 5.32 Å². The molecule has 11 heteroatoms. The summed E-state index contributed by atoms with van der Waals surface area (Å²) in [7, 11) is 4.07. The minimum Gasteiger partial charge on any atom is -0.496 e. The number of pyridine rings is 1. The van der Waals surface area contributed by atoms with E-state index >= 15 is 4.79 Å². The number of ketones is 2. The fourth-order valence-electron chi connectivity index (χ4n) is 7.56. The van der Waals surface area contributed by atoms with Gasteiger partial charge in [0, 0.05) is 41.1 Å². The van der Waals surface area contributed by atoms with Gasteiger partial charge in [0.05, 0.1) is 38.3 Å². The molecule has 1 N–H and O–H groups in total. The first-order valence-corrected chi connectivity index (χ1v) is 15.1. The number of carbonyl (C=O) groups is 3. The van der Waals surface area contributed by atoms with E-state index in [4.69, 9.17) is 30.5 Å². The normalized spacial score (nSPS) is 23.5. The smallest absolute Gasteiger partial charge is 0.336 e. The van der Waals surface area contributed by atoms with Crippen molar-refractivity contribution in [3.8, 4) is 17.2 Å². The average molecular weight is 631 g/mol. The van der Waals surface area contributed by atoms with Crippen LogP contribution in [0.1, 0.15) is 54.1 Å². The van der Waals surface area contributed by atoms with Crippen molar-refractivity contribution in [2.45, 2.75) is 51.2 Å². The Morgan fingerprint density at radius 3 is 2.56 bits per heavy atom. The van der Waals surface area contributed by atoms with Crippen molar-refractivity contribution in [2.24, 2.45) is 5.92 Å². The zero-order valence-corrected chi connectivity index (χ0v) is 26.2. The van der Waals surface area contributed by atoms with Gasteiger partial charge in [-0.05, 0) is 43.2 Å². The summed E-state index contributed by atoms with van der Waals surface area (Å²) in [6.45, 7) is 3.97. The molecule has 4 aliphatic rings. The maximum absolute atomic E-state index is 15.0. The molecular formula is C34H31ClN2O8. The van der Waals surface area contributed by atoms with Crippen LogP contribution >= 0.6 is 11.6 Å². The van der Waals surface area contributed by atoms with Crippen LogP contribution in [0, 0.1) is 5.92 Å². The number of hydrogen-bond acceptors (Lipinski definition) is 9. The number of methoxy groups -OCH3 is 3. The maximum Gasteiger partial charge on any atom is 0.336 e. The summed E-state index contributed by atoms with van der Waals surface area (Å²) in [5.74, 6) is -3.38. The molecule has 0 amide bonds. The van der Waals surface area contributed by atoms with Crippen LogP contribution in [0.15, 0.2) is 57.7 Å². The van der Waals surface area contributed by atoms with E-state index in [1.807, 2.05) is 18.2 Å². The van der Waals surface area contributed by atoms with Crippen molar-refractivity contribution in [2.75, 3.05) is 21.3 Å². The lowest BCUT2D eigenvalue weighted by Gasteiger charge is -2.42. The summed E-state index contributed by atoms with van der Waals surface area (Å²) in [5, 5.41) is 4.09. The van der Waals surface area contributed by atoms with Gasteiger partial charge in [-0.2, -0.15) is 0 Å². The number of aryl methyl sites for hydroxylation is 2. The molecule has 2 aromatic carbocycles. The highest BCUT2D eigenvalue weighted by Crippen LogP contribution is 2.56. The van der Waals surface area contributed by atoms with E-state index in [0.29, 0.717) is 17.9 Å². The van der Waals surface area contributed by atoms with Gasteiger partial charge in [0.1, 0.15) is 22.1 Å². The largest absolute Gasteiger partial charge is 0.496 e. The van der Waals surface area contributed by atoms with Gasteiger partial charge in [0.25, 0.3) is 5.56 Å². The molecule has 7 rings (SSSR count). The lowest BCUT2D eigenvalue weighted by molar-refractivity contribution is -0.136. The topological polar surface area (TPSA) is 122 Å². The summed E-state index contributed by atoms with van der Waals surface area (Å²) in [5.41, 5.74) is 1.08. The van der Waals surface area contributed by atoms with Crippen LogP contribution in [-0.2, 0) is 27.3 Å². The number of benzene rings is 2. The van der Waals surface area contributed by atoms with Gasteiger partial charge in [-0.3, -0.25) is 14.4 Å². The highest BCUT2D eigenvalue weighted by molar-refractivity contribution is 6.36. The Balaban J connectivity index is 1.47. The lowest BCUT2D eigenvalue weighted by Crippen LogP contribution is -2.58. The van der Waals surface area contributed by atoms with E-state index in [1.165, 1.54) is 27.4 Å². The molecule has 0 saturated heterocycles. The van der Waals surface area contributed by atoms with E-state index in [0.717, 1.165) is 29.3 Å². The molecular weight excluding hydrogens is 600 g/mol. The van der Waals surface area contributed by atoms with Gasteiger partial charge >= 0.3 is 5.97 Å². The first-order chi connectivity index (χ1) is 21.6. The lowest BCUT2D eigenvalue weighted by atomic mass is 9.65. The Morgan fingerprint density at radius 2 is 1.84 bits per heavy atom. The van der Waals surface area contributed by atoms with Gasteiger partial charge in [0.15, 0.2) is 5.75 Å². The number of ether oxygens (including phenoxy) is 4. The molecule has 4 heterocycles. The molecule has 232 valence electrons. The number of rotatable bonds is 4. The Labute approximate surface area is 263 Å². The van der Waals surface area contributed by atoms with Crippen molar-refractivity contribution in [3.63, 3.8) is 0 Å². The number of dihydropyridines is 1. The van der Waals surface area contributed by atoms with Gasteiger partial charge < -0.3 is 28.8 Å². The van der Waals surface area contributed by atoms with Gasteiger partial charge in [-0.1, -0.05) is 36.7 Å². The summed E-state index contributed by atoms with van der Waals surface area (Å²) in [6, 6.07) is 9.10. The van der Waals surface area contributed by atoms with Crippen LogP contribution in [0.25, 0.3) is 10.9 Å². The zero-order chi connectivity index (χ0) is 31.9. The second-order valence-corrected chi connectivity index (χ2v) is 12.3. The molecule has 0 saturated carbocycles. The second-order valence-electron chi connectivity index (χ2n) is 11.9. The molecule has 0 bridgehead atoms. The van der Waals surface area contributed by atoms with Crippen LogP contribution in [0.3, 0.4) is 0 Å². The first kappa shape index (κ1) is 29.2. The van der Waals surface area contributed by atoms with Crippen LogP contribution in [0.2, 0.25) is 5.02 Å². The summed E-state index contributed by atoms with van der Waals surface area (Å²) >= 11 is 6.63. The number of halogens is 1. The van der Waals surface area contributed by atoms with Crippen LogP contribution in [0.5, 0.6) is 17.2 Å². The van der Waals surface area contributed by atoms with E-state index in [1.54, 1.807) is 24.5 Å². The van der Waals surface area contributed by atoms with Crippen molar-refractivity contribution < 1.29 is 33.3 Å². The van der Waals surface area contributed by atoms with Crippen LogP contribution in [-0.4, -0.2) is 49.0 Å². The molecule has 1 aliphatic carbocycles. The molecule has 3 atom stereocenters. The van der Waals surface area contributed by atoms with Crippen LogP contribution < -0.4 is 25.1 Å². The predicted octanol–water partition coefficient (Wildman–Crippen LogP) is 4.63. The minimum absolute atomic E-state index is 0.00918. The number of aromatic nitrogens is 1. The Bertz CT molecular complexity index is 2010. The zero-order valence-electron chi connectivity index (χ0n) is 25.5. The number of esters is 1. The molecule has 0 unspecified atom stereocenters. The quantitative estimate of drug-likeness (QED) is 0.325. The third-order valence-electron chi connectivity index (χ3n) is 9.62. The fraction of sp³-hybridized carbons (Fsp3) is 0.353. The van der Waals surface area contributed by atoms with E-state index in [-0.39, 0.29) is 56.5 Å². The third kappa shape index (κ3) is 3.81. The fourth-order valence-corrected chi connectivity index (χ4v) is 7.82. The summed E-state index contributed by atoms with van der Waals surface area (Å²) in [6.07, 6.45) is 1.84. The number of nitrogens with zero attached hydrogens (tertiary/aromatic N) is 1. The SMILES string of the molecule is COC(=O)C1=C(C)NC2=C(C(=O)[C@@]3(Oc4c(Cl)c(OC)cc(OC)c4C3=O)[C@H](C)C2)[C@H]1c1cc2cccc3c2n(c1=O)CCC3. The monoisotopic (exact) mass is 630 g/mol. The molecule has 10 nitrogen and oxygen atoms in total. The Hall–Kier alpha value is -4.57. The standard InChI is InChI=1S/C34H31ClN2O8/c1-15-12-20-25(30(38)34(15)31(39)26-21(42-3)14-22(43-4)27(35)29(26)45-34)24(23(16(2)36-20)33(41)44-5)19-13-18-9-6-8-17-10-7-11-37(28(17)18)32(19)40/h6,8-9,13-15,24,36H,7,10-12H2,1-5H3/t15-,24+,34+/m1/s1. The molecule has 1 spiro atoms. The maximum atomic E-state index is 15.0. The first-order valence-electron chi connectivity index (χ1n) is 14.8. The average Bonchev–Trinajstić information content (AvgIpc) is 3.35. The summed E-state index contributed by atoms with van der Waals surface area (Å²) < 4.78 is 24.2. The predicted molar refractivity (Wildman–Crippen MR) is 165 cm³/mol. The van der Waals surface area contributed by atoms with Crippen molar-refractivity contribution in [1.29, 1.82) is 0 Å². The van der Waals surface area contributed by atoms with Gasteiger partial charge in [-0.15, -0.1) is 0 Å². The van der Waals surface area contributed by atoms with Gasteiger partial charge in [0.2, 0.25) is 17.2 Å². The summed E-state index contributed by atoms with van der Waals surface area (Å²) in [4.78, 5) is 57.3. The van der Waals surface area contributed by atoms with E-state index in [9.17, 15) is 14.4 Å².